The third-order valence-corrected chi connectivity index (χ3v) is 3.40. The number of nitrogens with zero attached hydrogens (tertiary/aromatic N) is 1. The van der Waals surface area contributed by atoms with Crippen LogP contribution in [0.15, 0.2) is 40.8 Å². The molecule has 0 saturated carbocycles. The third-order valence-electron chi connectivity index (χ3n) is 3.40. The van der Waals surface area contributed by atoms with Gasteiger partial charge >= 0.3 is 0 Å². The highest BCUT2D eigenvalue weighted by atomic mass is 19.1. The largest absolute Gasteiger partial charge is 0.465 e. The first kappa shape index (κ1) is 14.8. The second-order valence-electron chi connectivity index (χ2n) is 5.26. The standard InChI is InChI=1S/C16H21FN2O/c1-11-8-9-15(20-11)16(12(2)18)19(3)10-13-6-4-5-7-14(13)17/h4-9,12,16H,10,18H2,1-3H3. The minimum Gasteiger partial charge on any atom is -0.465 e. The summed E-state index contributed by atoms with van der Waals surface area (Å²) in [5, 5.41) is 0. The van der Waals surface area contributed by atoms with Crippen LogP contribution in [-0.2, 0) is 6.54 Å². The van der Waals surface area contributed by atoms with E-state index >= 15 is 0 Å². The molecule has 2 rings (SSSR count). The van der Waals surface area contributed by atoms with Gasteiger partial charge in [-0.3, -0.25) is 4.90 Å². The van der Waals surface area contributed by atoms with E-state index in [1.54, 1.807) is 12.1 Å². The maximum absolute atomic E-state index is 13.7. The number of hydrogen-bond acceptors (Lipinski definition) is 3. The van der Waals surface area contributed by atoms with Crippen LogP contribution in [0.2, 0.25) is 0 Å². The molecule has 2 N–H and O–H groups in total. The van der Waals surface area contributed by atoms with E-state index in [2.05, 4.69) is 0 Å². The summed E-state index contributed by atoms with van der Waals surface area (Å²) in [4.78, 5) is 2.02. The predicted octanol–water partition coefficient (Wildman–Crippen LogP) is 3.25. The van der Waals surface area contributed by atoms with Gasteiger partial charge in [0.2, 0.25) is 0 Å². The highest BCUT2D eigenvalue weighted by molar-refractivity contribution is 5.18. The Labute approximate surface area is 119 Å². The zero-order valence-corrected chi connectivity index (χ0v) is 12.1. The Kier molecular flexibility index (Phi) is 4.57. The Morgan fingerprint density at radius 3 is 2.50 bits per heavy atom. The normalized spacial score (nSPS) is 14.5. The van der Waals surface area contributed by atoms with E-state index in [9.17, 15) is 4.39 Å². The average molecular weight is 276 g/mol. The lowest BCUT2D eigenvalue weighted by Crippen LogP contribution is -2.36. The molecule has 0 aliphatic carbocycles. The average Bonchev–Trinajstić information content (AvgIpc) is 2.78. The molecule has 0 aliphatic rings. The lowest BCUT2D eigenvalue weighted by molar-refractivity contribution is 0.180. The molecule has 2 atom stereocenters. The zero-order chi connectivity index (χ0) is 14.7. The Morgan fingerprint density at radius 1 is 1.25 bits per heavy atom. The maximum Gasteiger partial charge on any atom is 0.127 e. The van der Waals surface area contributed by atoms with Crippen molar-refractivity contribution in [3.8, 4) is 0 Å². The van der Waals surface area contributed by atoms with E-state index in [0.717, 1.165) is 11.5 Å². The first-order valence-electron chi connectivity index (χ1n) is 6.74. The molecule has 0 fully saturated rings. The first-order chi connectivity index (χ1) is 9.49. The van der Waals surface area contributed by atoms with Gasteiger partial charge in [0.25, 0.3) is 0 Å². The summed E-state index contributed by atoms with van der Waals surface area (Å²) >= 11 is 0. The summed E-state index contributed by atoms with van der Waals surface area (Å²) in [6, 6.07) is 10.4. The van der Waals surface area contributed by atoms with Crippen molar-refractivity contribution in [3.63, 3.8) is 0 Å². The van der Waals surface area contributed by atoms with E-state index in [-0.39, 0.29) is 17.9 Å². The fourth-order valence-corrected chi connectivity index (χ4v) is 2.48. The number of rotatable bonds is 5. The molecule has 0 spiro atoms. The molecule has 2 unspecified atom stereocenters. The quantitative estimate of drug-likeness (QED) is 0.911. The van der Waals surface area contributed by atoms with Crippen molar-refractivity contribution in [3.05, 3.63) is 59.3 Å². The summed E-state index contributed by atoms with van der Waals surface area (Å²) in [5.41, 5.74) is 6.73. The van der Waals surface area contributed by atoms with E-state index in [1.165, 1.54) is 6.07 Å². The van der Waals surface area contributed by atoms with Crippen LogP contribution in [0.4, 0.5) is 4.39 Å². The molecule has 0 saturated heterocycles. The Morgan fingerprint density at radius 2 is 1.95 bits per heavy atom. The van der Waals surface area contributed by atoms with Crippen molar-refractivity contribution in [2.24, 2.45) is 5.73 Å². The minimum absolute atomic E-state index is 0.0803. The third kappa shape index (κ3) is 3.26. The molecule has 1 aromatic carbocycles. The molecule has 4 heteroatoms. The van der Waals surface area contributed by atoms with Crippen molar-refractivity contribution in [2.45, 2.75) is 32.5 Å². The van der Waals surface area contributed by atoms with Gasteiger partial charge in [0, 0.05) is 18.2 Å². The molecule has 3 nitrogen and oxygen atoms in total. The van der Waals surface area contributed by atoms with Crippen molar-refractivity contribution >= 4 is 0 Å². The zero-order valence-electron chi connectivity index (χ0n) is 12.1. The SMILES string of the molecule is Cc1ccc(C(C(C)N)N(C)Cc2ccccc2F)o1. The number of benzene rings is 1. The van der Waals surface area contributed by atoms with Gasteiger partial charge in [0.05, 0.1) is 6.04 Å². The monoisotopic (exact) mass is 276 g/mol. The van der Waals surface area contributed by atoms with Crippen LogP contribution in [0, 0.1) is 12.7 Å². The van der Waals surface area contributed by atoms with Crippen LogP contribution in [-0.4, -0.2) is 18.0 Å². The Hall–Kier alpha value is -1.65. The van der Waals surface area contributed by atoms with Gasteiger partial charge in [-0.25, -0.2) is 4.39 Å². The van der Waals surface area contributed by atoms with Crippen LogP contribution >= 0.6 is 0 Å². The van der Waals surface area contributed by atoms with Crippen LogP contribution in [0.3, 0.4) is 0 Å². The van der Waals surface area contributed by atoms with Gasteiger partial charge in [-0.2, -0.15) is 0 Å². The lowest BCUT2D eigenvalue weighted by atomic mass is 10.1. The number of hydrogen-bond donors (Lipinski definition) is 1. The summed E-state index contributed by atoms with van der Waals surface area (Å²) in [5.74, 6) is 1.47. The molecule has 1 heterocycles. The molecule has 1 aromatic heterocycles. The van der Waals surface area contributed by atoms with E-state index in [1.807, 2.05) is 44.0 Å². The van der Waals surface area contributed by atoms with Crippen molar-refractivity contribution < 1.29 is 8.81 Å². The van der Waals surface area contributed by atoms with E-state index < -0.39 is 0 Å². The smallest absolute Gasteiger partial charge is 0.127 e. The minimum atomic E-state index is -0.196. The Balaban J connectivity index is 2.20. The molecule has 108 valence electrons. The first-order valence-corrected chi connectivity index (χ1v) is 6.74. The van der Waals surface area contributed by atoms with Crippen LogP contribution < -0.4 is 5.73 Å². The van der Waals surface area contributed by atoms with Crippen LogP contribution in [0.25, 0.3) is 0 Å². The van der Waals surface area contributed by atoms with Gasteiger partial charge in [0.15, 0.2) is 0 Å². The predicted molar refractivity (Wildman–Crippen MR) is 77.7 cm³/mol. The number of likely N-dealkylation sites (N-methyl/N-ethyl adjacent to an activating group) is 1. The van der Waals surface area contributed by atoms with Crippen molar-refractivity contribution in [2.75, 3.05) is 7.05 Å². The van der Waals surface area contributed by atoms with Crippen LogP contribution in [0.5, 0.6) is 0 Å². The number of nitrogens with two attached hydrogens (primary N) is 1. The lowest BCUT2D eigenvalue weighted by Gasteiger charge is -2.29. The molecule has 0 aliphatic heterocycles. The summed E-state index contributed by atoms with van der Waals surface area (Å²) in [6.45, 7) is 4.32. The maximum atomic E-state index is 13.7. The second kappa shape index (κ2) is 6.20. The fraction of sp³-hybridized carbons (Fsp3) is 0.375. The number of furan rings is 1. The van der Waals surface area contributed by atoms with Crippen molar-refractivity contribution in [1.82, 2.24) is 4.90 Å². The molecule has 2 aromatic rings. The molecule has 0 amide bonds. The van der Waals surface area contributed by atoms with Gasteiger partial charge in [-0.05, 0) is 39.1 Å². The molecule has 0 bridgehead atoms. The molecule has 20 heavy (non-hydrogen) atoms. The number of halogens is 1. The van der Waals surface area contributed by atoms with Gasteiger partial charge in [0.1, 0.15) is 17.3 Å². The topological polar surface area (TPSA) is 42.4 Å². The Bertz CT molecular complexity index is 565. The van der Waals surface area contributed by atoms with Gasteiger partial charge in [-0.1, -0.05) is 18.2 Å². The van der Waals surface area contributed by atoms with E-state index in [4.69, 9.17) is 10.2 Å². The van der Waals surface area contributed by atoms with Crippen LogP contribution in [0.1, 0.15) is 30.0 Å². The second-order valence-corrected chi connectivity index (χ2v) is 5.26. The highest BCUT2D eigenvalue weighted by Gasteiger charge is 2.24. The summed E-state index contributed by atoms with van der Waals surface area (Å²) in [6.07, 6.45) is 0. The van der Waals surface area contributed by atoms with Crippen molar-refractivity contribution in [1.29, 1.82) is 0 Å². The summed E-state index contributed by atoms with van der Waals surface area (Å²) < 4.78 is 19.4. The highest BCUT2D eigenvalue weighted by Crippen LogP contribution is 2.26. The van der Waals surface area contributed by atoms with Gasteiger partial charge in [-0.15, -0.1) is 0 Å². The van der Waals surface area contributed by atoms with Gasteiger partial charge < -0.3 is 10.2 Å². The molecule has 0 radical (unpaired) electrons. The van der Waals surface area contributed by atoms with E-state index in [0.29, 0.717) is 12.1 Å². The number of aryl methyl sites for hydroxylation is 1. The summed E-state index contributed by atoms with van der Waals surface area (Å²) in [7, 11) is 1.93. The fourth-order valence-electron chi connectivity index (χ4n) is 2.48. The molecular weight excluding hydrogens is 255 g/mol. The molecular formula is C16H21FN2O.